The zero-order chi connectivity index (χ0) is 19.7. The first kappa shape index (κ1) is 18.5. The van der Waals surface area contributed by atoms with Crippen molar-refractivity contribution in [3.63, 3.8) is 0 Å². The van der Waals surface area contributed by atoms with E-state index in [2.05, 4.69) is 0 Å². The highest BCUT2D eigenvalue weighted by molar-refractivity contribution is 5.85. The second-order valence-electron chi connectivity index (χ2n) is 7.80. The predicted octanol–water partition coefficient (Wildman–Crippen LogP) is 3.44. The van der Waals surface area contributed by atoms with Crippen LogP contribution in [-0.4, -0.2) is 42.1 Å². The first-order chi connectivity index (χ1) is 13.5. The molecule has 0 aromatic heterocycles. The number of carbonyl (C=O) groups is 2. The van der Waals surface area contributed by atoms with Gasteiger partial charge in [0.1, 0.15) is 5.75 Å². The maximum atomic E-state index is 13.0. The summed E-state index contributed by atoms with van der Waals surface area (Å²) in [5.41, 5.74) is 1.07. The fourth-order valence-electron chi connectivity index (χ4n) is 4.44. The van der Waals surface area contributed by atoms with Crippen LogP contribution in [0.25, 0.3) is 0 Å². The van der Waals surface area contributed by atoms with Crippen molar-refractivity contribution in [3.8, 4) is 5.75 Å². The molecule has 0 radical (unpaired) electrons. The second kappa shape index (κ2) is 7.30. The van der Waals surface area contributed by atoms with Crippen LogP contribution in [0, 0.1) is 5.92 Å². The average molecular weight is 379 g/mol. The Balaban J connectivity index is 1.42. The molecule has 1 heterocycles. The lowest BCUT2D eigenvalue weighted by Gasteiger charge is -2.39. The van der Waals surface area contributed by atoms with Gasteiger partial charge in [0.2, 0.25) is 5.91 Å². The summed E-state index contributed by atoms with van der Waals surface area (Å²) in [5, 5.41) is 9.91. The zero-order valence-corrected chi connectivity index (χ0v) is 16.0. The summed E-state index contributed by atoms with van der Waals surface area (Å²) in [6, 6.07) is 17.3. The molecule has 1 amide bonds. The molecule has 28 heavy (non-hydrogen) atoms. The number of nitrogens with zero attached hydrogens (tertiary/aromatic N) is 1. The number of aliphatic carboxylic acids is 1. The second-order valence-corrected chi connectivity index (χ2v) is 7.80. The first-order valence-electron chi connectivity index (χ1n) is 9.77. The number of carboxylic acid groups (broad SMARTS) is 1. The summed E-state index contributed by atoms with van der Waals surface area (Å²) in [6.45, 7) is 0.975. The number of hydrogen-bond acceptors (Lipinski definition) is 3. The van der Waals surface area contributed by atoms with E-state index in [0.29, 0.717) is 25.9 Å². The fraction of sp³-hybridized carbons (Fsp3) is 0.391. The van der Waals surface area contributed by atoms with Crippen LogP contribution in [0.5, 0.6) is 5.75 Å². The lowest BCUT2D eigenvalue weighted by molar-refractivity contribution is -0.148. The molecule has 0 bridgehead atoms. The van der Waals surface area contributed by atoms with Crippen molar-refractivity contribution in [1.82, 2.24) is 4.90 Å². The molecule has 0 unspecified atom stereocenters. The monoisotopic (exact) mass is 379 g/mol. The van der Waals surface area contributed by atoms with Gasteiger partial charge in [-0.15, -0.1) is 0 Å². The molecule has 1 saturated heterocycles. The molecule has 146 valence electrons. The van der Waals surface area contributed by atoms with Gasteiger partial charge >= 0.3 is 5.97 Å². The number of benzene rings is 2. The van der Waals surface area contributed by atoms with E-state index in [1.807, 2.05) is 59.5 Å². The quantitative estimate of drug-likeness (QED) is 0.864. The van der Waals surface area contributed by atoms with E-state index in [1.54, 1.807) is 7.11 Å². The average Bonchev–Trinajstić information content (AvgIpc) is 3.55. The topological polar surface area (TPSA) is 66.8 Å². The Bertz CT molecular complexity index is 871. The molecule has 2 atom stereocenters. The molecule has 1 saturated carbocycles. The predicted molar refractivity (Wildman–Crippen MR) is 105 cm³/mol. The zero-order valence-electron chi connectivity index (χ0n) is 16.0. The largest absolute Gasteiger partial charge is 0.497 e. The van der Waals surface area contributed by atoms with E-state index in [9.17, 15) is 14.7 Å². The van der Waals surface area contributed by atoms with Crippen molar-refractivity contribution in [2.24, 2.45) is 5.92 Å². The number of likely N-dealkylation sites (tertiary alicyclic amines) is 1. The Morgan fingerprint density at radius 1 is 1.07 bits per heavy atom. The van der Waals surface area contributed by atoms with Crippen LogP contribution < -0.4 is 4.74 Å². The molecule has 4 rings (SSSR count). The van der Waals surface area contributed by atoms with Crippen LogP contribution in [0.4, 0.5) is 0 Å². The summed E-state index contributed by atoms with van der Waals surface area (Å²) in [6.07, 6.45) is 1.76. The Labute approximate surface area is 164 Å². The normalized spacial score (nSPS) is 23.1. The van der Waals surface area contributed by atoms with Gasteiger partial charge in [0.05, 0.1) is 12.5 Å². The third-order valence-corrected chi connectivity index (χ3v) is 6.29. The van der Waals surface area contributed by atoms with Crippen molar-refractivity contribution in [3.05, 3.63) is 65.7 Å². The minimum absolute atomic E-state index is 0.00107. The number of rotatable bonds is 5. The van der Waals surface area contributed by atoms with Crippen molar-refractivity contribution in [2.45, 2.75) is 30.6 Å². The minimum atomic E-state index is -0.895. The third kappa shape index (κ3) is 3.26. The van der Waals surface area contributed by atoms with Gasteiger partial charge in [0.25, 0.3) is 0 Å². The van der Waals surface area contributed by atoms with Crippen LogP contribution in [0.2, 0.25) is 0 Å². The van der Waals surface area contributed by atoms with E-state index in [0.717, 1.165) is 23.3 Å². The van der Waals surface area contributed by atoms with Gasteiger partial charge in [-0.3, -0.25) is 9.59 Å². The maximum Gasteiger partial charge on any atom is 0.314 e. The molecule has 1 N–H and O–H groups in total. The number of ether oxygens (including phenoxy) is 1. The third-order valence-electron chi connectivity index (χ3n) is 6.29. The lowest BCUT2D eigenvalue weighted by atomic mass is 9.73. The number of amides is 1. The SMILES string of the molecule is COc1cccc([C@@H]2C[C@@H]2C(=O)N2CCC(C(=O)O)(c3ccccc3)CC2)c1. The Kier molecular flexibility index (Phi) is 4.84. The van der Waals surface area contributed by atoms with Crippen LogP contribution in [0.3, 0.4) is 0 Å². The Hall–Kier alpha value is -2.82. The van der Waals surface area contributed by atoms with Gasteiger partial charge in [-0.2, -0.15) is 0 Å². The summed E-state index contributed by atoms with van der Waals surface area (Å²) in [4.78, 5) is 26.9. The van der Waals surface area contributed by atoms with E-state index in [1.165, 1.54) is 0 Å². The molecule has 5 heteroatoms. The minimum Gasteiger partial charge on any atom is -0.497 e. The number of piperidine rings is 1. The van der Waals surface area contributed by atoms with Crippen LogP contribution in [-0.2, 0) is 15.0 Å². The van der Waals surface area contributed by atoms with E-state index in [-0.39, 0.29) is 17.7 Å². The highest BCUT2D eigenvalue weighted by atomic mass is 16.5. The Morgan fingerprint density at radius 2 is 1.79 bits per heavy atom. The summed E-state index contributed by atoms with van der Waals surface area (Å²) >= 11 is 0. The van der Waals surface area contributed by atoms with Gasteiger partial charge in [0, 0.05) is 19.0 Å². The van der Waals surface area contributed by atoms with Gasteiger partial charge in [0.15, 0.2) is 0 Å². The highest BCUT2D eigenvalue weighted by Gasteiger charge is 2.49. The van der Waals surface area contributed by atoms with Gasteiger partial charge in [-0.25, -0.2) is 0 Å². The first-order valence-corrected chi connectivity index (χ1v) is 9.77. The molecule has 1 aliphatic carbocycles. The van der Waals surface area contributed by atoms with E-state index in [4.69, 9.17) is 4.74 Å². The van der Waals surface area contributed by atoms with Crippen molar-refractivity contribution < 1.29 is 19.4 Å². The van der Waals surface area contributed by atoms with E-state index < -0.39 is 11.4 Å². The summed E-state index contributed by atoms with van der Waals surface area (Å²) in [5.74, 6) is 0.401. The molecule has 0 spiro atoms. The number of methoxy groups -OCH3 is 1. The molecule has 2 aromatic rings. The fourth-order valence-corrected chi connectivity index (χ4v) is 4.44. The van der Waals surface area contributed by atoms with Crippen LogP contribution in [0.15, 0.2) is 54.6 Å². The number of carboxylic acids is 1. The lowest BCUT2D eigenvalue weighted by Crippen LogP contribution is -2.49. The smallest absolute Gasteiger partial charge is 0.314 e. The molecule has 5 nitrogen and oxygen atoms in total. The van der Waals surface area contributed by atoms with Crippen LogP contribution >= 0.6 is 0 Å². The molecule has 1 aliphatic heterocycles. The number of carbonyl (C=O) groups excluding carboxylic acids is 1. The van der Waals surface area contributed by atoms with Gasteiger partial charge in [-0.1, -0.05) is 42.5 Å². The maximum absolute atomic E-state index is 13.0. The highest BCUT2D eigenvalue weighted by Crippen LogP contribution is 2.49. The molecular weight excluding hydrogens is 354 g/mol. The molecule has 2 fully saturated rings. The standard InChI is InChI=1S/C23H25NO4/c1-28-18-9-5-6-16(14-18)19-15-20(19)21(25)24-12-10-23(11-13-24,22(26)27)17-7-3-2-4-8-17/h2-9,14,19-20H,10-13,15H2,1H3,(H,26,27)/t19-,20-/m0/s1. The summed E-state index contributed by atoms with van der Waals surface area (Å²) in [7, 11) is 1.64. The molecule has 2 aliphatic rings. The van der Waals surface area contributed by atoms with E-state index >= 15 is 0 Å². The van der Waals surface area contributed by atoms with Crippen molar-refractivity contribution >= 4 is 11.9 Å². The molecule has 2 aromatic carbocycles. The van der Waals surface area contributed by atoms with Crippen molar-refractivity contribution in [1.29, 1.82) is 0 Å². The Morgan fingerprint density at radius 3 is 2.43 bits per heavy atom. The van der Waals surface area contributed by atoms with Crippen LogP contribution in [0.1, 0.15) is 36.3 Å². The molecular formula is C23H25NO4. The van der Waals surface area contributed by atoms with Gasteiger partial charge in [-0.05, 0) is 48.4 Å². The van der Waals surface area contributed by atoms with Crippen molar-refractivity contribution in [2.75, 3.05) is 20.2 Å². The summed E-state index contributed by atoms with van der Waals surface area (Å²) < 4.78 is 5.28. The van der Waals surface area contributed by atoms with Gasteiger partial charge < -0.3 is 14.7 Å². The number of hydrogen-bond donors (Lipinski definition) is 1.